The van der Waals surface area contributed by atoms with E-state index in [-0.39, 0.29) is 5.56 Å². The fraction of sp³-hybridized carbons (Fsp3) is 0.667. The fourth-order valence-corrected chi connectivity index (χ4v) is 5.18. The Morgan fingerprint density at radius 2 is 1.93 bits per heavy atom. The lowest BCUT2D eigenvalue weighted by molar-refractivity contribution is 0.0996. The topological polar surface area (TPSA) is 107 Å². The Morgan fingerprint density at radius 3 is 2.45 bits per heavy atom. The van der Waals surface area contributed by atoms with E-state index in [1.807, 2.05) is 0 Å². The molecular formula is C21H28FNO5S. The minimum atomic E-state index is -3.63. The summed E-state index contributed by atoms with van der Waals surface area (Å²) in [5.41, 5.74) is 6.54. The number of ether oxygens (including phenoxy) is 1. The van der Waals surface area contributed by atoms with Gasteiger partial charge in [0.2, 0.25) is 0 Å². The molecule has 2 atom stereocenters. The number of carbonyl (C=O) groups is 1. The second kappa shape index (κ2) is 7.54. The fourth-order valence-electron chi connectivity index (χ4n) is 4.45. The number of primary amides is 1. The number of benzene rings is 1. The maximum absolute atomic E-state index is 14.1. The first-order chi connectivity index (χ1) is 13.7. The van der Waals surface area contributed by atoms with Crippen molar-refractivity contribution in [2.45, 2.75) is 69.0 Å². The first kappa shape index (κ1) is 20.6. The van der Waals surface area contributed by atoms with Gasteiger partial charge in [0, 0.05) is 11.5 Å². The van der Waals surface area contributed by atoms with Gasteiger partial charge in [-0.05, 0) is 68.4 Å². The van der Waals surface area contributed by atoms with Gasteiger partial charge in [0.1, 0.15) is 11.6 Å². The Balaban J connectivity index is 0.000000249. The molecule has 0 radical (unpaired) electrons. The lowest BCUT2D eigenvalue weighted by Crippen LogP contribution is -2.19. The van der Waals surface area contributed by atoms with Gasteiger partial charge in [-0.3, -0.25) is 9.35 Å². The summed E-state index contributed by atoms with van der Waals surface area (Å²) in [6.07, 6.45) is 9.85. The molecule has 4 aliphatic carbocycles. The van der Waals surface area contributed by atoms with E-state index in [2.05, 4.69) is 0 Å². The maximum Gasteiger partial charge on any atom is 0.267 e. The molecule has 2 unspecified atom stereocenters. The third-order valence-electron chi connectivity index (χ3n) is 6.68. The molecule has 4 aliphatic rings. The number of carbonyl (C=O) groups excluding carboxylic acids is 1. The minimum absolute atomic E-state index is 0.0191. The van der Waals surface area contributed by atoms with E-state index in [0.717, 1.165) is 24.3 Å². The van der Waals surface area contributed by atoms with Crippen molar-refractivity contribution < 1.29 is 26.9 Å². The number of nitrogens with two attached hydrogens (primary N) is 1. The van der Waals surface area contributed by atoms with Crippen LogP contribution in [0.2, 0.25) is 0 Å². The van der Waals surface area contributed by atoms with Crippen LogP contribution in [0.5, 0.6) is 5.75 Å². The summed E-state index contributed by atoms with van der Waals surface area (Å²) in [6.45, 7) is 0.687. The molecule has 29 heavy (non-hydrogen) atoms. The Morgan fingerprint density at radius 1 is 1.21 bits per heavy atom. The zero-order valence-electron chi connectivity index (χ0n) is 16.4. The minimum Gasteiger partial charge on any atom is -0.493 e. The van der Waals surface area contributed by atoms with Crippen LogP contribution in [0, 0.1) is 17.2 Å². The molecule has 1 aromatic rings. The van der Waals surface area contributed by atoms with E-state index < -0.39 is 27.1 Å². The maximum atomic E-state index is 14.1. The quantitative estimate of drug-likeness (QED) is 0.674. The van der Waals surface area contributed by atoms with Gasteiger partial charge in [-0.25, -0.2) is 4.39 Å². The van der Waals surface area contributed by atoms with Crippen molar-refractivity contribution in [2.24, 2.45) is 17.1 Å². The Bertz CT molecular complexity index is 910. The highest BCUT2D eigenvalue weighted by molar-refractivity contribution is 7.86. The molecular weight excluding hydrogens is 397 g/mol. The van der Waals surface area contributed by atoms with Crippen LogP contribution in [-0.4, -0.2) is 30.7 Å². The summed E-state index contributed by atoms with van der Waals surface area (Å²) in [6, 6.07) is 2.97. The molecule has 5 rings (SSSR count). The molecule has 0 aliphatic heterocycles. The van der Waals surface area contributed by atoms with Crippen LogP contribution in [0.1, 0.15) is 79.6 Å². The van der Waals surface area contributed by atoms with Crippen molar-refractivity contribution in [2.75, 3.05) is 6.61 Å². The summed E-state index contributed by atoms with van der Waals surface area (Å²) < 4.78 is 48.1. The highest BCUT2D eigenvalue weighted by Crippen LogP contribution is 2.61. The van der Waals surface area contributed by atoms with Crippen molar-refractivity contribution in [3.63, 3.8) is 0 Å². The summed E-state index contributed by atoms with van der Waals surface area (Å²) in [5, 5.41) is -0.424. The van der Waals surface area contributed by atoms with Gasteiger partial charge in [-0.1, -0.05) is 12.8 Å². The molecule has 0 saturated heterocycles. The predicted molar refractivity (Wildman–Crippen MR) is 106 cm³/mol. The van der Waals surface area contributed by atoms with Crippen molar-refractivity contribution >= 4 is 16.0 Å². The van der Waals surface area contributed by atoms with Crippen LogP contribution in [0.25, 0.3) is 0 Å². The average Bonchev–Trinajstić information content (AvgIpc) is 3.54. The molecule has 0 aromatic heterocycles. The van der Waals surface area contributed by atoms with Gasteiger partial charge in [0.05, 0.1) is 17.4 Å². The van der Waals surface area contributed by atoms with E-state index >= 15 is 0 Å². The Kier molecular flexibility index (Phi) is 5.36. The van der Waals surface area contributed by atoms with Crippen molar-refractivity contribution in [1.82, 2.24) is 0 Å². The van der Waals surface area contributed by atoms with E-state index in [1.165, 1.54) is 38.2 Å². The molecule has 8 heteroatoms. The van der Waals surface area contributed by atoms with Gasteiger partial charge in [0.15, 0.2) is 0 Å². The average molecular weight is 426 g/mol. The lowest BCUT2D eigenvalue weighted by Gasteiger charge is -2.23. The first-order valence-corrected chi connectivity index (χ1v) is 11.9. The van der Waals surface area contributed by atoms with Gasteiger partial charge >= 0.3 is 0 Å². The zero-order valence-corrected chi connectivity index (χ0v) is 17.2. The van der Waals surface area contributed by atoms with E-state index in [4.69, 9.17) is 15.0 Å². The monoisotopic (exact) mass is 425 g/mol. The summed E-state index contributed by atoms with van der Waals surface area (Å²) >= 11 is 0. The lowest BCUT2D eigenvalue weighted by atomic mass is 9.89. The van der Waals surface area contributed by atoms with Gasteiger partial charge < -0.3 is 10.5 Å². The molecule has 4 saturated carbocycles. The standard InChI is InChI=1S/C18H22FNO2.C3H6O3S/c19-15-8-16(13(11-4-5-11)7-14(15)17(20)21)22-10-18-6-2-1-3-12(18)9-18;4-7(5,6)3-1-2-3/h7-8,11-12H,1-6,9-10H2,(H2,20,21);3H,1-2H2,(H,4,5,6). The molecule has 6 nitrogen and oxygen atoms in total. The van der Waals surface area contributed by atoms with E-state index in [0.29, 0.717) is 36.5 Å². The number of hydrogen-bond acceptors (Lipinski definition) is 4. The normalized spacial score (nSPS) is 28.0. The van der Waals surface area contributed by atoms with E-state index in [9.17, 15) is 17.6 Å². The van der Waals surface area contributed by atoms with Crippen LogP contribution in [0.4, 0.5) is 4.39 Å². The molecule has 0 spiro atoms. The van der Waals surface area contributed by atoms with Crippen LogP contribution in [0.15, 0.2) is 12.1 Å². The Hall–Kier alpha value is -1.67. The van der Waals surface area contributed by atoms with Crippen LogP contribution in [-0.2, 0) is 10.1 Å². The largest absolute Gasteiger partial charge is 0.493 e. The second-order valence-corrected chi connectivity index (χ2v) is 10.7. The number of fused-ring (bicyclic) bond motifs is 1. The van der Waals surface area contributed by atoms with Gasteiger partial charge in [-0.15, -0.1) is 0 Å². The SMILES string of the molecule is NC(=O)c1cc(C2CC2)c(OCC23CCCCC2C3)cc1F.O=S(=O)(O)C1CC1. The number of amides is 1. The first-order valence-electron chi connectivity index (χ1n) is 10.4. The summed E-state index contributed by atoms with van der Waals surface area (Å²) in [5.74, 6) is 0.544. The molecule has 160 valence electrons. The molecule has 0 heterocycles. The summed E-state index contributed by atoms with van der Waals surface area (Å²) in [4.78, 5) is 11.3. The van der Waals surface area contributed by atoms with Crippen LogP contribution in [0.3, 0.4) is 0 Å². The Labute approximate surface area is 170 Å². The van der Waals surface area contributed by atoms with Crippen molar-refractivity contribution in [1.29, 1.82) is 0 Å². The molecule has 1 aromatic carbocycles. The summed E-state index contributed by atoms with van der Waals surface area (Å²) in [7, 11) is -3.63. The number of rotatable bonds is 6. The second-order valence-electron chi connectivity index (χ2n) is 9.02. The van der Waals surface area contributed by atoms with Gasteiger partial charge in [-0.2, -0.15) is 8.42 Å². The highest BCUT2D eigenvalue weighted by atomic mass is 32.2. The predicted octanol–water partition coefficient (Wildman–Crippen LogP) is 3.80. The third-order valence-corrected chi connectivity index (χ3v) is 7.99. The molecule has 3 N–H and O–H groups in total. The van der Waals surface area contributed by atoms with Gasteiger partial charge in [0.25, 0.3) is 16.0 Å². The number of halogens is 1. The molecule has 4 fully saturated rings. The highest BCUT2D eigenvalue weighted by Gasteiger charge is 2.55. The zero-order chi connectivity index (χ0) is 20.8. The van der Waals surface area contributed by atoms with Crippen molar-refractivity contribution in [3.05, 3.63) is 29.1 Å². The van der Waals surface area contributed by atoms with E-state index in [1.54, 1.807) is 6.07 Å². The van der Waals surface area contributed by atoms with Crippen LogP contribution >= 0.6 is 0 Å². The molecule has 1 amide bonds. The van der Waals surface area contributed by atoms with Crippen LogP contribution < -0.4 is 10.5 Å². The smallest absolute Gasteiger partial charge is 0.267 e. The van der Waals surface area contributed by atoms with Crippen molar-refractivity contribution in [3.8, 4) is 5.75 Å². The third kappa shape index (κ3) is 4.74. The molecule has 0 bridgehead atoms. The number of hydrogen-bond donors (Lipinski definition) is 2.